The number of rotatable bonds is 11. The maximum atomic E-state index is 2.59. The van der Waals surface area contributed by atoms with Gasteiger partial charge in [-0.25, -0.2) is 0 Å². The SMILES string of the molecule is CC/C=C/[C@H]1CC[C@H](/C=C/CCC2CCC([C@H]3CC[C@H](CCCCC)CC3)CC2)CC1. The highest BCUT2D eigenvalue weighted by Crippen LogP contribution is 2.43. The van der Waals surface area contributed by atoms with Crippen LogP contribution < -0.4 is 0 Å². The Kier molecular flexibility index (Phi) is 11.8. The van der Waals surface area contributed by atoms with Crippen LogP contribution in [0.15, 0.2) is 24.3 Å². The van der Waals surface area contributed by atoms with Crippen LogP contribution in [0.4, 0.5) is 0 Å². The van der Waals surface area contributed by atoms with Crippen LogP contribution in [-0.4, -0.2) is 0 Å². The Morgan fingerprint density at radius 2 is 1.06 bits per heavy atom. The highest BCUT2D eigenvalue weighted by Gasteiger charge is 2.30. The molecule has 0 heterocycles. The van der Waals surface area contributed by atoms with Gasteiger partial charge in [0.25, 0.3) is 0 Å². The standard InChI is InChI=1S/C31H54/c1-3-5-7-11-28-18-22-30(23-19-28)31-24-20-29(21-25-31)13-9-8-12-27-16-14-26(15-17-27)10-6-4-2/h6,8,10,12,26-31H,3-5,7,9,11,13-25H2,1-2H3/b10-6+,12-8+/t26-,27-,28-,29?,30-,31?. The molecule has 0 aromatic carbocycles. The van der Waals surface area contributed by atoms with Crippen LogP contribution in [0, 0.1) is 35.5 Å². The van der Waals surface area contributed by atoms with Crippen molar-refractivity contribution in [1.29, 1.82) is 0 Å². The molecule has 0 bridgehead atoms. The van der Waals surface area contributed by atoms with Crippen LogP contribution >= 0.6 is 0 Å². The molecule has 0 atom stereocenters. The molecule has 0 heteroatoms. The highest BCUT2D eigenvalue weighted by atomic mass is 14.4. The van der Waals surface area contributed by atoms with Crippen LogP contribution in [0.25, 0.3) is 0 Å². The fourth-order valence-corrected chi connectivity index (χ4v) is 7.06. The van der Waals surface area contributed by atoms with Gasteiger partial charge in [-0.15, -0.1) is 0 Å². The summed E-state index contributed by atoms with van der Waals surface area (Å²) in [5.41, 5.74) is 0. The third-order valence-electron chi connectivity index (χ3n) is 9.28. The van der Waals surface area contributed by atoms with Crippen molar-refractivity contribution in [3.63, 3.8) is 0 Å². The normalized spacial score (nSPS) is 35.2. The molecule has 3 aliphatic rings. The first-order valence-electron chi connectivity index (χ1n) is 14.6. The Labute approximate surface area is 195 Å². The van der Waals surface area contributed by atoms with E-state index >= 15 is 0 Å². The van der Waals surface area contributed by atoms with Crippen LogP contribution in [0.1, 0.15) is 136 Å². The van der Waals surface area contributed by atoms with E-state index in [0.29, 0.717) is 0 Å². The van der Waals surface area contributed by atoms with Crippen molar-refractivity contribution in [3.05, 3.63) is 24.3 Å². The molecule has 0 spiro atoms. The minimum atomic E-state index is 0.871. The molecule has 0 amide bonds. The van der Waals surface area contributed by atoms with Crippen molar-refractivity contribution < 1.29 is 0 Å². The molecule has 0 aromatic heterocycles. The number of hydrogen-bond acceptors (Lipinski definition) is 0. The number of allylic oxidation sites excluding steroid dienone is 4. The highest BCUT2D eigenvalue weighted by molar-refractivity contribution is 4.96. The molecule has 0 aromatic rings. The van der Waals surface area contributed by atoms with E-state index in [1.54, 1.807) is 38.5 Å². The minimum Gasteiger partial charge on any atom is -0.0885 e. The summed E-state index contributed by atoms with van der Waals surface area (Å²) in [5.74, 6) is 6.02. The van der Waals surface area contributed by atoms with Gasteiger partial charge < -0.3 is 0 Å². The third kappa shape index (κ3) is 9.09. The predicted molar refractivity (Wildman–Crippen MR) is 138 cm³/mol. The molecule has 31 heavy (non-hydrogen) atoms. The fraction of sp³-hybridized carbons (Fsp3) is 0.871. The molecular formula is C31H54. The van der Waals surface area contributed by atoms with Gasteiger partial charge in [0.15, 0.2) is 0 Å². The molecular weight excluding hydrogens is 372 g/mol. The summed E-state index contributed by atoms with van der Waals surface area (Å²) in [4.78, 5) is 0. The summed E-state index contributed by atoms with van der Waals surface area (Å²) in [5, 5.41) is 0. The molecule has 3 saturated carbocycles. The van der Waals surface area contributed by atoms with Gasteiger partial charge in [-0.3, -0.25) is 0 Å². The summed E-state index contributed by atoms with van der Waals surface area (Å²) >= 11 is 0. The van der Waals surface area contributed by atoms with Crippen molar-refractivity contribution >= 4 is 0 Å². The maximum Gasteiger partial charge on any atom is -0.0233 e. The number of unbranched alkanes of at least 4 members (excludes halogenated alkanes) is 2. The predicted octanol–water partition coefficient (Wildman–Crippen LogP) is 10.3. The van der Waals surface area contributed by atoms with Gasteiger partial charge in [-0.05, 0) is 106 Å². The van der Waals surface area contributed by atoms with Crippen molar-refractivity contribution in [2.45, 2.75) is 136 Å². The van der Waals surface area contributed by atoms with Crippen molar-refractivity contribution in [1.82, 2.24) is 0 Å². The van der Waals surface area contributed by atoms with Crippen LogP contribution in [0.5, 0.6) is 0 Å². The van der Waals surface area contributed by atoms with Gasteiger partial charge in [0.05, 0.1) is 0 Å². The largest absolute Gasteiger partial charge is 0.0885 e. The topological polar surface area (TPSA) is 0 Å². The molecule has 0 radical (unpaired) electrons. The average Bonchev–Trinajstić information content (AvgIpc) is 2.82. The van der Waals surface area contributed by atoms with Crippen molar-refractivity contribution in [2.24, 2.45) is 35.5 Å². The maximum absolute atomic E-state index is 2.59. The van der Waals surface area contributed by atoms with Crippen molar-refractivity contribution in [2.75, 3.05) is 0 Å². The van der Waals surface area contributed by atoms with Crippen LogP contribution in [0.3, 0.4) is 0 Å². The lowest BCUT2D eigenvalue weighted by atomic mass is 9.68. The average molecular weight is 427 g/mol. The minimum absolute atomic E-state index is 0.871. The van der Waals surface area contributed by atoms with E-state index in [9.17, 15) is 0 Å². The van der Waals surface area contributed by atoms with E-state index in [0.717, 1.165) is 35.5 Å². The Morgan fingerprint density at radius 1 is 0.548 bits per heavy atom. The lowest BCUT2D eigenvalue weighted by Gasteiger charge is -2.38. The monoisotopic (exact) mass is 426 g/mol. The van der Waals surface area contributed by atoms with E-state index in [4.69, 9.17) is 0 Å². The summed E-state index contributed by atoms with van der Waals surface area (Å²) in [6, 6.07) is 0. The molecule has 0 aliphatic heterocycles. The molecule has 3 aliphatic carbocycles. The molecule has 0 saturated heterocycles. The first kappa shape index (κ1) is 25.1. The quantitative estimate of drug-likeness (QED) is 0.227. The third-order valence-corrected chi connectivity index (χ3v) is 9.28. The zero-order chi connectivity index (χ0) is 21.7. The van der Waals surface area contributed by atoms with Gasteiger partial charge in [0.1, 0.15) is 0 Å². The van der Waals surface area contributed by atoms with E-state index < -0.39 is 0 Å². The molecule has 0 N–H and O–H groups in total. The number of hydrogen-bond donors (Lipinski definition) is 0. The first-order valence-corrected chi connectivity index (χ1v) is 14.6. The second-order valence-electron chi connectivity index (χ2n) is 11.6. The molecule has 3 rings (SSSR count). The van der Waals surface area contributed by atoms with Gasteiger partial charge in [0.2, 0.25) is 0 Å². The van der Waals surface area contributed by atoms with Gasteiger partial charge in [0, 0.05) is 0 Å². The Morgan fingerprint density at radius 3 is 1.58 bits per heavy atom. The summed E-state index contributed by atoms with van der Waals surface area (Å²) in [6.07, 6.45) is 37.9. The van der Waals surface area contributed by atoms with E-state index in [1.165, 1.54) is 83.5 Å². The van der Waals surface area contributed by atoms with E-state index in [2.05, 4.69) is 38.2 Å². The molecule has 3 fully saturated rings. The Bertz CT molecular complexity index is 490. The lowest BCUT2D eigenvalue weighted by molar-refractivity contribution is 0.140. The van der Waals surface area contributed by atoms with Gasteiger partial charge >= 0.3 is 0 Å². The van der Waals surface area contributed by atoms with Gasteiger partial charge in [-0.2, -0.15) is 0 Å². The molecule has 0 unspecified atom stereocenters. The summed E-state index contributed by atoms with van der Waals surface area (Å²) < 4.78 is 0. The van der Waals surface area contributed by atoms with Crippen LogP contribution in [0.2, 0.25) is 0 Å². The van der Waals surface area contributed by atoms with Gasteiger partial charge in [-0.1, -0.05) is 89.5 Å². The second kappa shape index (κ2) is 14.6. The summed E-state index contributed by atoms with van der Waals surface area (Å²) in [6.45, 7) is 4.58. The summed E-state index contributed by atoms with van der Waals surface area (Å²) in [7, 11) is 0. The van der Waals surface area contributed by atoms with Crippen LogP contribution in [-0.2, 0) is 0 Å². The van der Waals surface area contributed by atoms with Crippen molar-refractivity contribution in [3.8, 4) is 0 Å². The smallest absolute Gasteiger partial charge is 0.0233 e. The molecule has 178 valence electrons. The fourth-order valence-electron chi connectivity index (χ4n) is 7.06. The van der Waals surface area contributed by atoms with E-state index in [-0.39, 0.29) is 0 Å². The zero-order valence-electron chi connectivity index (χ0n) is 21.2. The lowest BCUT2D eigenvalue weighted by Crippen LogP contribution is -2.25. The molecule has 0 nitrogen and oxygen atoms in total. The first-order chi connectivity index (χ1) is 15.3. The zero-order valence-corrected chi connectivity index (χ0v) is 21.2. The second-order valence-corrected chi connectivity index (χ2v) is 11.6. The Hall–Kier alpha value is -0.520. The Balaban J connectivity index is 1.23. The van der Waals surface area contributed by atoms with E-state index in [1.807, 2.05) is 0 Å².